The minimum atomic E-state index is -0.412. The van der Waals surface area contributed by atoms with Gasteiger partial charge in [0.2, 0.25) is 0 Å². The van der Waals surface area contributed by atoms with Crippen LogP contribution in [0.25, 0.3) is 112 Å². The van der Waals surface area contributed by atoms with Gasteiger partial charge in [-0.05, 0) is 96.1 Å². The Bertz CT molecular complexity index is 3880. The lowest BCUT2D eigenvalue weighted by molar-refractivity contribution is 0.669. The first kappa shape index (κ1) is 38.3. The van der Waals surface area contributed by atoms with Crippen LogP contribution >= 0.6 is 0 Å². The molecule has 0 saturated carbocycles. The largest absolute Gasteiger partial charge is 0.456 e. The lowest BCUT2D eigenvalue weighted by Gasteiger charge is -2.32. The summed E-state index contributed by atoms with van der Waals surface area (Å²) in [7, 11) is 0. The number of aromatic nitrogens is 3. The predicted octanol–water partition coefficient (Wildman–Crippen LogP) is 16.1. The van der Waals surface area contributed by atoms with Crippen LogP contribution in [0.5, 0.6) is 0 Å². The molecule has 0 bridgehead atoms. The minimum absolute atomic E-state index is 0.412. The Morgan fingerprint density at radius 3 is 1.34 bits per heavy atom. The number of benzene rings is 10. The molecule has 2 aliphatic rings. The summed E-state index contributed by atoms with van der Waals surface area (Å²) in [6.45, 7) is 0. The number of nitrogens with zero attached hydrogens (tertiary/aromatic N) is 3. The van der Waals surface area contributed by atoms with E-state index in [4.69, 9.17) is 19.4 Å². The Hall–Kier alpha value is -8.99. The van der Waals surface area contributed by atoms with Crippen molar-refractivity contribution >= 4 is 21.9 Å². The second-order valence-electron chi connectivity index (χ2n) is 17.8. The molecule has 10 aromatic carbocycles. The summed E-state index contributed by atoms with van der Waals surface area (Å²) in [5.41, 5.74) is 21.5. The van der Waals surface area contributed by atoms with Gasteiger partial charge in [-0.3, -0.25) is 0 Å². The van der Waals surface area contributed by atoms with E-state index in [9.17, 15) is 0 Å². The molecule has 68 heavy (non-hydrogen) atoms. The van der Waals surface area contributed by atoms with Gasteiger partial charge in [0.25, 0.3) is 0 Å². The molecule has 0 fully saturated rings. The van der Waals surface area contributed by atoms with Crippen molar-refractivity contribution < 1.29 is 4.42 Å². The van der Waals surface area contributed by atoms with Gasteiger partial charge in [-0.15, -0.1) is 0 Å². The fraction of sp³-hybridized carbons (Fsp3) is 0.0156. The Labute approximate surface area is 393 Å². The summed E-state index contributed by atoms with van der Waals surface area (Å²) in [5, 5.41) is 2.00. The van der Waals surface area contributed by atoms with Crippen molar-refractivity contribution in [2.75, 3.05) is 0 Å². The third kappa shape index (κ3) is 5.71. The lowest BCUT2D eigenvalue weighted by Crippen LogP contribution is -2.26. The van der Waals surface area contributed by atoms with Crippen molar-refractivity contribution in [3.63, 3.8) is 0 Å². The highest BCUT2D eigenvalue weighted by Gasteiger charge is 2.52. The van der Waals surface area contributed by atoms with Crippen molar-refractivity contribution in [3.8, 4) is 89.8 Å². The van der Waals surface area contributed by atoms with E-state index in [0.717, 1.165) is 60.9 Å². The molecule has 316 valence electrons. The summed E-state index contributed by atoms with van der Waals surface area (Å²) < 4.78 is 6.43. The van der Waals surface area contributed by atoms with Gasteiger partial charge in [0.15, 0.2) is 17.5 Å². The molecular weight excluding hydrogens is 827 g/mol. The number of hydrogen-bond donors (Lipinski definition) is 0. The summed E-state index contributed by atoms with van der Waals surface area (Å²) in [6, 6.07) is 84.6. The van der Waals surface area contributed by atoms with Gasteiger partial charge >= 0.3 is 0 Å². The van der Waals surface area contributed by atoms with E-state index in [0.29, 0.717) is 17.5 Å². The summed E-state index contributed by atoms with van der Waals surface area (Å²) in [5.74, 6) is 1.81. The number of hydrogen-bond acceptors (Lipinski definition) is 4. The molecule has 0 unspecified atom stereocenters. The molecular formula is C64H39N3O. The number of furan rings is 1. The Morgan fingerprint density at radius 1 is 0.279 bits per heavy atom. The van der Waals surface area contributed by atoms with Gasteiger partial charge in [-0.25, -0.2) is 15.0 Å². The fourth-order valence-electron chi connectivity index (χ4n) is 11.2. The van der Waals surface area contributed by atoms with E-state index in [1.807, 2.05) is 48.5 Å². The molecule has 14 rings (SSSR count). The van der Waals surface area contributed by atoms with Crippen LogP contribution in [0, 0.1) is 0 Å². The van der Waals surface area contributed by atoms with Gasteiger partial charge < -0.3 is 4.42 Å². The van der Waals surface area contributed by atoms with E-state index in [1.54, 1.807) is 0 Å². The Morgan fingerprint density at radius 2 is 0.706 bits per heavy atom. The van der Waals surface area contributed by atoms with E-state index in [1.165, 1.54) is 55.6 Å². The van der Waals surface area contributed by atoms with Crippen LogP contribution in [0.2, 0.25) is 0 Å². The first-order valence-corrected chi connectivity index (χ1v) is 23.2. The quantitative estimate of drug-likeness (QED) is 0.167. The second-order valence-corrected chi connectivity index (χ2v) is 17.8. The van der Waals surface area contributed by atoms with Gasteiger partial charge in [-0.2, -0.15) is 0 Å². The predicted molar refractivity (Wildman–Crippen MR) is 276 cm³/mol. The van der Waals surface area contributed by atoms with Crippen LogP contribution in [0.1, 0.15) is 22.3 Å². The van der Waals surface area contributed by atoms with Crippen molar-refractivity contribution in [3.05, 3.63) is 259 Å². The van der Waals surface area contributed by atoms with Crippen LogP contribution in [-0.2, 0) is 5.41 Å². The summed E-state index contributed by atoms with van der Waals surface area (Å²) in [4.78, 5) is 15.4. The fourth-order valence-corrected chi connectivity index (χ4v) is 11.2. The van der Waals surface area contributed by atoms with Crippen molar-refractivity contribution in [2.45, 2.75) is 5.41 Å². The van der Waals surface area contributed by atoms with Gasteiger partial charge in [0.1, 0.15) is 11.2 Å². The highest BCUT2D eigenvalue weighted by Crippen LogP contribution is 2.64. The maximum Gasteiger partial charge on any atom is 0.164 e. The van der Waals surface area contributed by atoms with E-state index in [2.05, 4.69) is 188 Å². The SMILES string of the molecule is c1ccc(-c2ccc3oc4cccc(-c5nc(-c6ccccc6)nc(-c6ccc(-c7ccc(-c8cccc9c8C8(c%10ccccc%10-c%10ccccc%108)c8ccccc8-9)cc7)cc6)n5)c4c3c2)cc1. The van der Waals surface area contributed by atoms with E-state index >= 15 is 0 Å². The number of fused-ring (bicyclic) bond motifs is 13. The van der Waals surface area contributed by atoms with Gasteiger partial charge in [0, 0.05) is 27.5 Å². The molecule has 0 amide bonds. The van der Waals surface area contributed by atoms with Crippen molar-refractivity contribution in [1.29, 1.82) is 0 Å². The highest BCUT2D eigenvalue weighted by atomic mass is 16.3. The zero-order chi connectivity index (χ0) is 44.8. The molecule has 0 radical (unpaired) electrons. The zero-order valence-corrected chi connectivity index (χ0v) is 36.8. The monoisotopic (exact) mass is 865 g/mol. The summed E-state index contributed by atoms with van der Waals surface area (Å²) in [6.07, 6.45) is 0. The maximum atomic E-state index is 6.43. The summed E-state index contributed by atoms with van der Waals surface area (Å²) >= 11 is 0. The van der Waals surface area contributed by atoms with E-state index in [-0.39, 0.29) is 0 Å². The molecule has 0 N–H and O–H groups in total. The molecule has 2 aromatic heterocycles. The standard InChI is InChI=1S/C64H39N3O/c1-3-15-40(16-4-1)46-37-38-57-53(39-46)59-52(24-14-28-58(59)68-57)63-66-61(44-17-5-2-6-18-44)65-62(67-63)45-35-31-42(32-36-45)41-29-33-43(34-30-41)47-22-13-23-51-50-21-9-12-27-56(50)64(60(47)51)54-25-10-7-19-48(54)49-20-8-11-26-55(49)64/h1-39H. The van der Waals surface area contributed by atoms with Crippen LogP contribution in [0.4, 0.5) is 0 Å². The molecule has 0 atom stereocenters. The minimum Gasteiger partial charge on any atom is -0.456 e. The Balaban J connectivity index is 0.847. The lowest BCUT2D eigenvalue weighted by atomic mass is 9.68. The third-order valence-corrected chi connectivity index (χ3v) is 14.2. The maximum absolute atomic E-state index is 6.43. The molecule has 0 saturated heterocycles. The molecule has 0 aliphatic heterocycles. The van der Waals surface area contributed by atoms with Crippen molar-refractivity contribution in [2.24, 2.45) is 0 Å². The van der Waals surface area contributed by atoms with Crippen LogP contribution in [0.3, 0.4) is 0 Å². The molecule has 12 aromatic rings. The third-order valence-electron chi connectivity index (χ3n) is 14.2. The average Bonchev–Trinajstić information content (AvgIpc) is 4.05. The van der Waals surface area contributed by atoms with Gasteiger partial charge in [0.05, 0.1) is 5.41 Å². The number of rotatable bonds is 6. The van der Waals surface area contributed by atoms with E-state index < -0.39 is 5.41 Å². The highest BCUT2D eigenvalue weighted by molar-refractivity contribution is 6.13. The average molecular weight is 866 g/mol. The first-order valence-electron chi connectivity index (χ1n) is 23.2. The second kappa shape index (κ2) is 15.0. The molecule has 4 nitrogen and oxygen atoms in total. The normalized spacial score (nSPS) is 12.8. The van der Waals surface area contributed by atoms with Crippen LogP contribution in [0.15, 0.2) is 241 Å². The van der Waals surface area contributed by atoms with Crippen molar-refractivity contribution in [1.82, 2.24) is 15.0 Å². The smallest absolute Gasteiger partial charge is 0.164 e. The van der Waals surface area contributed by atoms with Crippen LogP contribution in [-0.4, -0.2) is 15.0 Å². The zero-order valence-electron chi connectivity index (χ0n) is 36.8. The molecule has 4 heteroatoms. The topological polar surface area (TPSA) is 51.8 Å². The molecule has 1 spiro atoms. The Kier molecular flexibility index (Phi) is 8.46. The molecule has 2 aliphatic carbocycles. The molecule has 2 heterocycles. The van der Waals surface area contributed by atoms with Crippen LogP contribution < -0.4 is 0 Å². The van der Waals surface area contributed by atoms with Gasteiger partial charge in [-0.1, -0.05) is 218 Å². The first-order chi connectivity index (χ1) is 33.7.